The van der Waals surface area contributed by atoms with Gasteiger partial charge in [-0.3, -0.25) is 0 Å². The molecule has 4 aromatic rings. The van der Waals surface area contributed by atoms with Crippen LogP contribution in [0.2, 0.25) is 0 Å². The summed E-state index contributed by atoms with van der Waals surface area (Å²) in [6.07, 6.45) is 45.0. The number of fused-ring (bicyclic) bond motifs is 4. The van der Waals surface area contributed by atoms with Crippen LogP contribution in [0.25, 0.3) is 16.7 Å². The fourth-order valence-electron chi connectivity index (χ4n) is 7.74. The highest BCUT2D eigenvalue weighted by Gasteiger charge is 2.25. The smallest absolute Gasteiger partial charge is 0.143 e. The van der Waals surface area contributed by atoms with Gasteiger partial charge in [-0.15, -0.1) is 14.1 Å². The van der Waals surface area contributed by atoms with E-state index in [-0.39, 0.29) is 0 Å². The Kier molecular flexibility index (Phi) is 33.0. The van der Waals surface area contributed by atoms with E-state index in [1.807, 2.05) is 50.7 Å². The zero-order valence-corrected chi connectivity index (χ0v) is 38.8. The fourth-order valence-corrected chi connectivity index (χ4v) is 7.74. The van der Waals surface area contributed by atoms with Crippen molar-refractivity contribution in [3.05, 3.63) is 48.0 Å². The Labute approximate surface area is 348 Å². The van der Waals surface area contributed by atoms with Crippen molar-refractivity contribution in [1.29, 1.82) is 0 Å². The van der Waals surface area contributed by atoms with E-state index in [1.165, 1.54) is 209 Å². The van der Waals surface area contributed by atoms with Crippen molar-refractivity contribution in [2.24, 2.45) is 5.92 Å². The monoisotopic (exact) mass is 778 g/mol. The first kappa shape index (κ1) is 51.7. The summed E-state index contributed by atoms with van der Waals surface area (Å²) in [6, 6.07) is 14.1. The van der Waals surface area contributed by atoms with Crippen molar-refractivity contribution >= 4 is 11.0 Å². The molecule has 0 amide bonds. The van der Waals surface area contributed by atoms with Gasteiger partial charge in [0.15, 0.2) is 0 Å². The molecular formula is C52H95N3O. The maximum atomic E-state index is 10.00. The molecule has 4 rings (SSSR count). The molecule has 4 heteroatoms. The minimum absolute atomic E-state index is 0.305. The van der Waals surface area contributed by atoms with Gasteiger partial charge in [0.2, 0.25) is 0 Å². The molecule has 4 nitrogen and oxygen atoms in total. The lowest BCUT2D eigenvalue weighted by atomic mass is 9.99. The van der Waals surface area contributed by atoms with Crippen molar-refractivity contribution < 1.29 is 5.11 Å². The average Bonchev–Trinajstić information content (AvgIpc) is 3.90. The lowest BCUT2D eigenvalue weighted by Crippen LogP contribution is -1.97. The molecule has 2 heterocycles. The van der Waals surface area contributed by atoms with Gasteiger partial charge in [-0.05, 0) is 48.6 Å². The minimum atomic E-state index is 0.305. The zero-order valence-electron chi connectivity index (χ0n) is 38.8. The van der Waals surface area contributed by atoms with Crippen molar-refractivity contribution in [2.45, 2.75) is 254 Å². The largest absolute Gasteiger partial charge is 0.506 e. The molecule has 2 aromatic heterocycles. The first-order valence-corrected chi connectivity index (χ1v) is 24.9. The van der Waals surface area contributed by atoms with Crippen molar-refractivity contribution in [3.8, 4) is 11.4 Å². The number of nitrogens with zero attached hydrogens (tertiary/aromatic N) is 3. The normalized spacial score (nSPS) is 11.6. The first-order valence-electron chi connectivity index (χ1n) is 24.9. The summed E-state index contributed by atoms with van der Waals surface area (Å²) in [5.74, 6) is 1.08. The van der Waals surface area contributed by atoms with Gasteiger partial charge in [0.1, 0.15) is 22.5 Å². The van der Waals surface area contributed by atoms with E-state index in [0.29, 0.717) is 5.75 Å². The highest BCUT2D eigenvalue weighted by Crippen LogP contribution is 2.31. The summed E-state index contributed by atoms with van der Waals surface area (Å²) in [5.41, 5.74) is 4.64. The van der Waals surface area contributed by atoms with Gasteiger partial charge in [-0.2, -0.15) is 0 Å². The number of phenols is 1. The number of aromatic hydroxyl groups is 1. The highest BCUT2D eigenvalue weighted by molar-refractivity contribution is 5.80. The van der Waals surface area contributed by atoms with Crippen LogP contribution in [0.3, 0.4) is 0 Å². The number of hydrogen-bond acceptors (Lipinski definition) is 1. The molecule has 1 atom stereocenters. The lowest BCUT2D eigenvalue weighted by Gasteiger charge is -2.08. The van der Waals surface area contributed by atoms with Crippen LogP contribution < -0.4 is 0 Å². The van der Waals surface area contributed by atoms with E-state index in [1.54, 1.807) is 6.07 Å². The molecule has 324 valence electrons. The third-order valence-corrected chi connectivity index (χ3v) is 11.7. The van der Waals surface area contributed by atoms with Crippen molar-refractivity contribution in [1.82, 2.24) is 14.1 Å². The number of benzene rings is 2. The number of unbranched alkanes of at least 4 members (excludes halogenated alkanes) is 27. The van der Waals surface area contributed by atoms with Crippen LogP contribution in [-0.2, 0) is 6.42 Å². The fraction of sp³-hybridized carbons (Fsp3) is 0.769. The molecule has 0 aliphatic rings. The summed E-state index contributed by atoms with van der Waals surface area (Å²) in [5, 5.41) is 10.00. The maximum absolute atomic E-state index is 10.00. The number of rotatable bonds is 32. The van der Waals surface area contributed by atoms with E-state index in [9.17, 15) is 5.11 Å². The summed E-state index contributed by atoms with van der Waals surface area (Å²) in [4.78, 5) is 2.00. The number of phenolic OH excluding ortho intramolecular Hbond substituents is 1. The Hall–Kier alpha value is -2.36. The van der Waals surface area contributed by atoms with E-state index in [0.717, 1.165) is 18.0 Å². The number of para-hydroxylation sites is 2. The predicted molar refractivity (Wildman–Crippen MR) is 252 cm³/mol. The second-order valence-corrected chi connectivity index (χ2v) is 16.4. The van der Waals surface area contributed by atoms with Crippen LogP contribution in [0.5, 0.6) is 5.75 Å². The van der Waals surface area contributed by atoms with Gasteiger partial charge in [0, 0.05) is 0 Å². The Balaban J connectivity index is 0.000000529. The topological polar surface area (TPSA) is 34.0 Å². The SMILES string of the molecule is CC.CC.CCC(C)CCc1ccc2c(c1)n1n(-c3ccccc3O)n21.CCCCCCCCCCCCCCCCCCCCCCCCCCCCCC. The zero-order chi connectivity index (χ0) is 41.1. The molecule has 0 aliphatic carbocycles. The van der Waals surface area contributed by atoms with Crippen LogP contribution >= 0.6 is 0 Å². The molecule has 0 radical (unpaired) electrons. The number of hydrogen-bond donors (Lipinski definition) is 1. The molecule has 1 N–H and O–H groups in total. The second kappa shape index (κ2) is 35.8. The van der Waals surface area contributed by atoms with Gasteiger partial charge in [0.05, 0.1) is 0 Å². The molecule has 0 spiro atoms. The summed E-state index contributed by atoms with van der Waals surface area (Å²) in [6.45, 7) is 17.2. The minimum Gasteiger partial charge on any atom is -0.506 e. The predicted octanol–water partition coefficient (Wildman–Crippen LogP) is 18.1. The third kappa shape index (κ3) is 22.0. The summed E-state index contributed by atoms with van der Waals surface area (Å²) < 4.78 is 4.17. The molecular weight excluding hydrogens is 683 g/mol. The van der Waals surface area contributed by atoms with Crippen LogP contribution in [0.4, 0.5) is 0 Å². The quantitative estimate of drug-likeness (QED) is 0.0492. The molecule has 2 aromatic carbocycles. The molecule has 1 unspecified atom stereocenters. The number of aromatic nitrogens is 3. The second-order valence-electron chi connectivity index (χ2n) is 16.4. The van der Waals surface area contributed by atoms with Gasteiger partial charge in [-0.1, -0.05) is 260 Å². The Bertz CT molecular complexity index is 1330. The molecule has 0 bridgehead atoms. The third-order valence-electron chi connectivity index (χ3n) is 11.7. The van der Waals surface area contributed by atoms with Gasteiger partial charge < -0.3 is 5.11 Å². The van der Waals surface area contributed by atoms with E-state index in [2.05, 4.69) is 55.2 Å². The molecule has 0 saturated carbocycles. The van der Waals surface area contributed by atoms with E-state index >= 15 is 0 Å². The highest BCUT2D eigenvalue weighted by atomic mass is 16.3. The van der Waals surface area contributed by atoms with Gasteiger partial charge in [0.25, 0.3) is 0 Å². The molecule has 0 aliphatic heterocycles. The van der Waals surface area contributed by atoms with Crippen molar-refractivity contribution in [3.63, 3.8) is 0 Å². The maximum Gasteiger partial charge on any atom is 0.143 e. The van der Waals surface area contributed by atoms with Crippen LogP contribution in [0.15, 0.2) is 42.5 Å². The van der Waals surface area contributed by atoms with Crippen LogP contribution in [-0.4, -0.2) is 19.2 Å². The molecule has 56 heavy (non-hydrogen) atoms. The Morgan fingerprint density at radius 2 is 0.821 bits per heavy atom. The summed E-state index contributed by atoms with van der Waals surface area (Å²) >= 11 is 0. The standard InChI is InChI=1S/C30H62.C18H21N3O.2C2H6/c1-3-5-7-9-11-13-15-17-19-21-23-25-27-29-30-28-26-24-22-20-18-16-14-12-10-8-6-4-2;1-3-13(2)8-9-14-10-11-15-17(12-14)21-19(15)20(21)16-6-4-5-7-18(16)22;2*1-2/h3-30H2,1-2H3;4-7,10-13,22H,3,8-9H2,1-2H3;2*1-2H3. The van der Waals surface area contributed by atoms with Crippen molar-refractivity contribution in [2.75, 3.05) is 0 Å². The van der Waals surface area contributed by atoms with E-state index in [4.69, 9.17) is 0 Å². The Morgan fingerprint density at radius 1 is 0.464 bits per heavy atom. The average molecular weight is 778 g/mol. The van der Waals surface area contributed by atoms with Gasteiger partial charge in [-0.25, -0.2) is 0 Å². The van der Waals surface area contributed by atoms with Crippen LogP contribution in [0.1, 0.15) is 254 Å². The summed E-state index contributed by atoms with van der Waals surface area (Å²) in [7, 11) is 0. The number of aryl methyl sites for hydroxylation is 1. The molecule has 0 saturated heterocycles. The lowest BCUT2D eigenvalue weighted by molar-refractivity contribution is 0.472. The van der Waals surface area contributed by atoms with Crippen LogP contribution in [0, 0.1) is 5.92 Å². The van der Waals surface area contributed by atoms with Gasteiger partial charge >= 0.3 is 0 Å². The Morgan fingerprint density at radius 3 is 1.18 bits per heavy atom. The first-order chi connectivity index (χ1) is 27.6. The molecule has 0 fully saturated rings. The van der Waals surface area contributed by atoms with E-state index < -0.39 is 0 Å².